The Kier molecular flexibility index (Phi) is 4.31. The Hall–Kier alpha value is -1.55. The van der Waals surface area contributed by atoms with Crippen molar-refractivity contribution in [1.29, 1.82) is 0 Å². The number of nitrogens with one attached hydrogen (secondary N) is 2. The molecular formula is C11H12ClFN2O. The average molecular weight is 243 g/mol. The summed E-state index contributed by atoms with van der Waals surface area (Å²) in [7, 11) is 0. The Morgan fingerprint density at radius 3 is 2.69 bits per heavy atom. The van der Waals surface area contributed by atoms with Gasteiger partial charge in [-0.25, -0.2) is 4.39 Å². The van der Waals surface area contributed by atoms with Gasteiger partial charge in [0.05, 0.1) is 5.69 Å². The number of amides is 1. The van der Waals surface area contributed by atoms with E-state index >= 15 is 0 Å². The van der Waals surface area contributed by atoms with Crippen molar-refractivity contribution < 1.29 is 9.18 Å². The molecule has 0 saturated carbocycles. The standard InChI is InChI=1S/C11H12ClFN2O/c1-7(2)5-11(16)15-14-10-4-3-8(12)6-9(10)13/h3-6,14H,1-2H3,(H,15,16). The molecule has 0 bridgehead atoms. The van der Waals surface area contributed by atoms with Crippen LogP contribution in [0.5, 0.6) is 0 Å². The first kappa shape index (κ1) is 12.5. The molecule has 3 nitrogen and oxygen atoms in total. The third kappa shape index (κ3) is 3.90. The Labute approximate surface area is 98.3 Å². The van der Waals surface area contributed by atoms with E-state index < -0.39 is 5.82 Å². The fourth-order valence-corrected chi connectivity index (χ4v) is 1.18. The Bertz CT molecular complexity index is 428. The highest BCUT2D eigenvalue weighted by molar-refractivity contribution is 6.30. The number of carbonyl (C=O) groups excluding carboxylic acids is 1. The SMILES string of the molecule is CC(C)=CC(=O)NNc1ccc(Cl)cc1F. The van der Waals surface area contributed by atoms with Gasteiger partial charge in [-0.2, -0.15) is 0 Å². The third-order valence-electron chi connectivity index (χ3n) is 1.67. The summed E-state index contributed by atoms with van der Waals surface area (Å²) < 4.78 is 13.2. The topological polar surface area (TPSA) is 41.1 Å². The van der Waals surface area contributed by atoms with Crippen molar-refractivity contribution in [3.63, 3.8) is 0 Å². The van der Waals surface area contributed by atoms with E-state index in [1.54, 1.807) is 13.8 Å². The van der Waals surface area contributed by atoms with Crippen LogP contribution in [0.15, 0.2) is 29.8 Å². The molecule has 0 unspecified atom stereocenters. The van der Waals surface area contributed by atoms with E-state index in [1.165, 1.54) is 18.2 Å². The lowest BCUT2D eigenvalue weighted by molar-refractivity contribution is -0.116. The number of hydrazine groups is 1. The van der Waals surface area contributed by atoms with E-state index in [-0.39, 0.29) is 11.6 Å². The van der Waals surface area contributed by atoms with E-state index in [2.05, 4.69) is 10.9 Å². The second kappa shape index (κ2) is 5.51. The van der Waals surface area contributed by atoms with Gasteiger partial charge in [-0.15, -0.1) is 0 Å². The summed E-state index contributed by atoms with van der Waals surface area (Å²) in [6, 6.07) is 4.14. The van der Waals surface area contributed by atoms with Gasteiger partial charge in [0.1, 0.15) is 5.82 Å². The molecule has 0 heterocycles. The van der Waals surface area contributed by atoms with Crippen LogP contribution in [-0.2, 0) is 4.79 Å². The summed E-state index contributed by atoms with van der Waals surface area (Å²) in [6.07, 6.45) is 1.40. The zero-order chi connectivity index (χ0) is 12.1. The Morgan fingerprint density at radius 2 is 2.12 bits per heavy atom. The number of rotatable bonds is 3. The summed E-state index contributed by atoms with van der Waals surface area (Å²) in [4.78, 5) is 11.2. The zero-order valence-corrected chi connectivity index (χ0v) is 9.73. The highest BCUT2D eigenvalue weighted by Crippen LogP contribution is 2.17. The molecule has 1 amide bonds. The van der Waals surface area contributed by atoms with Crippen molar-refractivity contribution in [3.8, 4) is 0 Å². The molecule has 16 heavy (non-hydrogen) atoms. The van der Waals surface area contributed by atoms with Gasteiger partial charge in [0.15, 0.2) is 0 Å². The van der Waals surface area contributed by atoms with E-state index in [9.17, 15) is 9.18 Å². The minimum Gasteiger partial charge on any atom is -0.295 e. The van der Waals surface area contributed by atoms with Gasteiger partial charge < -0.3 is 0 Å². The van der Waals surface area contributed by atoms with E-state index in [0.29, 0.717) is 5.02 Å². The molecule has 0 aliphatic carbocycles. The normalized spacial score (nSPS) is 9.50. The van der Waals surface area contributed by atoms with Crippen LogP contribution in [0.1, 0.15) is 13.8 Å². The lowest BCUT2D eigenvalue weighted by Gasteiger charge is -2.07. The van der Waals surface area contributed by atoms with Crippen molar-refractivity contribution in [2.45, 2.75) is 13.8 Å². The predicted molar refractivity (Wildman–Crippen MR) is 62.6 cm³/mol. The van der Waals surface area contributed by atoms with Gasteiger partial charge in [0.25, 0.3) is 5.91 Å². The minimum atomic E-state index is -0.523. The van der Waals surface area contributed by atoms with Crippen LogP contribution in [0.4, 0.5) is 10.1 Å². The molecule has 0 fully saturated rings. The van der Waals surface area contributed by atoms with E-state index in [1.807, 2.05) is 0 Å². The molecule has 0 atom stereocenters. The number of allylic oxidation sites excluding steroid dienone is 1. The first-order valence-corrected chi connectivity index (χ1v) is 5.03. The number of hydrogen-bond donors (Lipinski definition) is 2. The zero-order valence-electron chi connectivity index (χ0n) is 8.97. The molecule has 1 aromatic carbocycles. The number of halogens is 2. The van der Waals surface area contributed by atoms with Crippen molar-refractivity contribution in [1.82, 2.24) is 5.43 Å². The predicted octanol–water partition coefficient (Wildman–Crippen LogP) is 2.89. The number of carbonyl (C=O) groups is 1. The van der Waals surface area contributed by atoms with Gasteiger partial charge in [0.2, 0.25) is 0 Å². The number of anilines is 1. The lowest BCUT2D eigenvalue weighted by atomic mass is 10.3. The second-order valence-corrected chi connectivity index (χ2v) is 3.90. The highest BCUT2D eigenvalue weighted by atomic mass is 35.5. The summed E-state index contributed by atoms with van der Waals surface area (Å²) in [5.74, 6) is -0.862. The molecule has 0 spiro atoms. The lowest BCUT2D eigenvalue weighted by Crippen LogP contribution is -2.28. The number of benzene rings is 1. The Morgan fingerprint density at radius 1 is 1.44 bits per heavy atom. The molecule has 86 valence electrons. The maximum Gasteiger partial charge on any atom is 0.262 e. The van der Waals surface area contributed by atoms with Gasteiger partial charge in [-0.05, 0) is 32.0 Å². The third-order valence-corrected chi connectivity index (χ3v) is 1.91. The van der Waals surface area contributed by atoms with Crippen LogP contribution in [0.2, 0.25) is 5.02 Å². The molecule has 0 saturated heterocycles. The molecule has 1 aromatic rings. The molecule has 0 aromatic heterocycles. The second-order valence-electron chi connectivity index (χ2n) is 3.46. The molecule has 1 rings (SSSR count). The average Bonchev–Trinajstić information content (AvgIpc) is 2.15. The number of hydrogen-bond acceptors (Lipinski definition) is 2. The van der Waals surface area contributed by atoms with E-state index in [0.717, 1.165) is 11.6 Å². The van der Waals surface area contributed by atoms with Crippen LogP contribution in [0.25, 0.3) is 0 Å². The van der Waals surface area contributed by atoms with Crippen molar-refractivity contribution in [2.75, 3.05) is 5.43 Å². The van der Waals surface area contributed by atoms with Crippen LogP contribution in [0.3, 0.4) is 0 Å². The first-order valence-electron chi connectivity index (χ1n) is 4.65. The molecule has 2 N–H and O–H groups in total. The summed E-state index contributed by atoms with van der Waals surface area (Å²) in [5, 5.41) is 0.304. The van der Waals surface area contributed by atoms with Crippen molar-refractivity contribution >= 4 is 23.2 Å². The molecule has 0 aliphatic heterocycles. The monoisotopic (exact) mass is 242 g/mol. The molecule has 0 aliphatic rings. The van der Waals surface area contributed by atoms with Gasteiger partial charge in [-0.1, -0.05) is 17.2 Å². The van der Waals surface area contributed by atoms with Gasteiger partial charge in [0, 0.05) is 11.1 Å². The molecule has 5 heteroatoms. The molecule has 0 radical (unpaired) electrons. The summed E-state index contributed by atoms with van der Waals surface area (Å²) in [6.45, 7) is 3.59. The van der Waals surface area contributed by atoms with Crippen LogP contribution < -0.4 is 10.9 Å². The largest absolute Gasteiger partial charge is 0.295 e. The van der Waals surface area contributed by atoms with E-state index in [4.69, 9.17) is 11.6 Å². The van der Waals surface area contributed by atoms with Crippen molar-refractivity contribution in [2.24, 2.45) is 0 Å². The van der Waals surface area contributed by atoms with Crippen LogP contribution in [0, 0.1) is 5.82 Å². The van der Waals surface area contributed by atoms with Gasteiger partial charge >= 0.3 is 0 Å². The Balaban J connectivity index is 2.62. The van der Waals surface area contributed by atoms with Crippen LogP contribution in [-0.4, -0.2) is 5.91 Å². The minimum absolute atomic E-state index is 0.167. The molecular weight excluding hydrogens is 231 g/mol. The highest BCUT2D eigenvalue weighted by Gasteiger charge is 2.03. The van der Waals surface area contributed by atoms with Gasteiger partial charge in [-0.3, -0.25) is 15.6 Å². The fraction of sp³-hybridized carbons (Fsp3) is 0.182. The smallest absolute Gasteiger partial charge is 0.262 e. The summed E-state index contributed by atoms with van der Waals surface area (Å²) >= 11 is 5.58. The van der Waals surface area contributed by atoms with Crippen molar-refractivity contribution in [3.05, 3.63) is 40.7 Å². The quantitative estimate of drug-likeness (QED) is 0.632. The fourth-order valence-electron chi connectivity index (χ4n) is 1.02. The van der Waals surface area contributed by atoms with Crippen LogP contribution >= 0.6 is 11.6 Å². The maximum absolute atomic E-state index is 13.2. The first-order chi connectivity index (χ1) is 7.49. The summed E-state index contributed by atoms with van der Waals surface area (Å²) in [5.41, 5.74) is 5.83. The maximum atomic E-state index is 13.2.